The molecule has 5 heteroatoms. The lowest BCUT2D eigenvalue weighted by atomic mass is 9.99. The van der Waals surface area contributed by atoms with Gasteiger partial charge in [0.15, 0.2) is 11.5 Å². The van der Waals surface area contributed by atoms with Crippen molar-refractivity contribution in [2.24, 2.45) is 0 Å². The molecule has 0 spiro atoms. The lowest BCUT2D eigenvalue weighted by Gasteiger charge is -2.10. The number of hydrogen-bond acceptors (Lipinski definition) is 3. The molecule has 2 heterocycles. The molecule has 0 unspecified atom stereocenters. The van der Waals surface area contributed by atoms with E-state index in [1.165, 1.54) is 16.7 Å². The Bertz CT molecular complexity index is 753. The molecule has 0 N–H and O–H groups in total. The molecule has 0 bridgehead atoms. The first-order valence-corrected chi connectivity index (χ1v) is 6.38. The monoisotopic (exact) mass is 272 g/mol. The number of aryl methyl sites for hydroxylation is 3. The van der Waals surface area contributed by atoms with Crippen LogP contribution in [0.15, 0.2) is 24.5 Å². The van der Waals surface area contributed by atoms with Gasteiger partial charge < -0.3 is 0 Å². The quantitative estimate of drug-likeness (QED) is 0.682. The number of nitrogens with zero attached hydrogens (tertiary/aromatic N) is 4. The van der Waals surface area contributed by atoms with Crippen LogP contribution in [0.25, 0.3) is 17.0 Å². The van der Waals surface area contributed by atoms with Gasteiger partial charge in [0.1, 0.15) is 5.15 Å². The highest BCUT2D eigenvalue weighted by Gasteiger charge is 2.15. The van der Waals surface area contributed by atoms with E-state index in [0.717, 1.165) is 11.4 Å². The highest BCUT2D eigenvalue weighted by atomic mass is 35.5. The van der Waals surface area contributed by atoms with Crippen LogP contribution < -0.4 is 0 Å². The summed E-state index contributed by atoms with van der Waals surface area (Å²) in [6.07, 6.45) is 3.25. The van der Waals surface area contributed by atoms with E-state index in [9.17, 15) is 0 Å². The van der Waals surface area contributed by atoms with Crippen molar-refractivity contribution in [1.82, 2.24) is 19.6 Å². The van der Waals surface area contributed by atoms with Crippen LogP contribution in [0.5, 0.6) is 0 Å². The summed E-state index contributed by atoms with van der Waals surface area (Å²) in [4.78, 5) is 4.02. The molecular weight excluding hydrogens is 260 g/mol. The van der Waals surface area contributed by atoms with E-state index >= 15 is 0 Å². The molecule has 0 saturated heterocycles. The van der Waals surface area contributed by atoms with Crippen LogP contribution in [0.4, 0.5) is 0 Å². The van der Waals surface area contributed by atoms with Crippen LogP contribution in [-0.2, 0) is 0 Å². The Balaban J connectivity index is 2.37. The summed E-state index contributed by atoms with van der Waals surface area (Å²) in [7, 11) is 0. The smallest absolute Gasteiger partial charge is 0.180 e. The average molecular weight is 273 g/mol. The average Bonchev–Trinajstić information content (AvgIpc) is 2.73. The zero-order chi connectivity index (χ0) is 13.6. The molecule has 4 nitrogen and oxygen atoms in total. The summed E-state index contributed by atoms with van der Waals surface area (Å²) in [6, 6.07) is 4.27. The fourth-order valence-corrected chi connectivity index (χ4v) is 2.73. The molecule has 0 aliphatic carbocycles. The molecular formula is C14H13ClN4. The predicted octanol–water partition coefficient (Wildman–Crippen LogP) is 3.37. The summed E-state index contributed by atoms with van der Waals surface area (Å²) in [5.41, 5.74) is 5.30. The molecule has 0 amide bonds. The van der Waals surface area contributed by atoms with E-state index in [2.05, 4.69) is 48.1 Å². The first-order chi connectivity index (χ1) is 9.08. The van der Waals surface area contributed by atoms with E-state index in [-0.39, 0.29) is 0 Å². The van der Waals surface area contributed by atoms with E-state index in [4.69, 9.17) is 11.6 Å². The molecule has 0 fully saturated rings. The lowest BCUT2D eigenvalue weighted by Crippen LogP contribution is -1.97. The fraction of sp³-hybridized carbons (Fsp3) is 0.214. The van der Waals surface area contributed by atoms with Crippen molar-refractivity contribution in [3.05, 3.63) is 46.4 Å². The van der Waals surface area contributed by atoms with Gasteiger partial charge in [0.25, 0.3) is 0 Å². The summed E-state index contributed by atoms with van der Waals surface area (Å²) in [5, 5.41) is 8.90. The fourth-order valence-electron chi connectivity index (χ4n) is 2.51. The highest BCUT2D eigenvalue weighted by Crippen LogP contribution is 2.28. The number of hydrogen-bond donors (Lipinski definition) is 0. The summed E-state index contributed by atoms with van der Waals surface area (Å²) in [6.45, 7) is 6.24. The van der Waals surface area contributed by atoms with Gasteiger partial charge in [-0.2, -0.15) is 0 Å². The number of aromatic nitrogens is 4. The van der Waals surface area contributed by atoms with Gasteiger partial charge in [0, 0.05) is 5.56 Å². The molecule has 96 valence electrons. The maximum atomic E-state index is 6.21. The highest BCUT2D eigenvalue weighted by molar-refractivity contribution is 6.29. The largest absolute Gasteiger partial charge is 0.262 e. The van der Waals surface area contributed by atoms with Gasteiger partial charge in [-0.1, -0.05) is 29.3 Å². The van der Waals surface area contributed by atoms with E-state index in [0.29, 0.717) is 10.8 Å². The van der Waals surface area contributed by atoms with Gasteiger partial charge in [0.2, 0.25) is 0 Å². The first-order valence-electron chi connectivity index (χ1n) is 6.01. The molecule has 0 atom stereocenters. The minimum atomic E-state index is 0.511. The van der Waals surface area contributed by atoms with Crippen LogP contribution >= 0.6 is 11.6 Å². The topological polar surface area (TPSA) is 43.1 Å². The van der Waals surface area contributed by atoms with Crippen LogP contribution in [-0.4, -0.2) is 19.6 Å². The summed E-state index contributed by atoms with van der Waals surface area (Å²) >= 11 is 6.21. The minimum absolute atomic E-state index is 0.511. The molecule has 0 aliphatic rings. The Morgan fingerprint density at radius 1 is 1.00 bits per heavy atom. The van der Waals surface area contributed by atoms with Crippen molar-refractivity contribution in [2.45, 2.75) is 20.8 Å². The van der Waals surface area contributed by atoms with Gasteiger partial charge in [-0.3, -0.25) is 9.38 Å². The molecule has 3 rings (SSSR count). The third kappa shape index (κ3) is 1.88. The van der Waals surface area contributed by atoms with Crippen molar-refractivity contribution in [3.8, 4) is 11.4 Å². The van der Waals surface area contributed by atoms with Gasteiger partial charge in [-0.05, 0) is 31.9 Å². The number of rotatable bonds is 1. The first kappa shape index (κ1) is 12.1. The second-order valence-corrected chi connectivity index (χ2v) is 5.11. The molecule has 2 aromatic heterocycles. The van der Waals surface area contributed by atoms with Crippen molar-refractivity contribution >= 4 is 17.2 Å². The van der Waals surface area contributed by atoms with Crippen molar-refractivity contribution in [1.29, 1.82) is 0 Å². The molecule has 3 aromatic rings. The molecule has 0 saturated carbocycles. The van der Waals surface area contributed by atoms with Gasteiger partial charge in [-0.15, -0.1) is 10.2 Å². The van der Waals surface area contributed by atoms with Gasteiger partial charge in [0.05, 0.1) is 12.4 Å². The maximum absolute atomic E-state index is 6.21. The zero-order valence-corrected chi connectivity index (χ0v) is 11.7. The van der Waals surface area contributed by atoms with E-state index < -0.39 is 0 Å². The number of benzene rings is 1. The second-order valence-electron chi connectivity index (χ2n) is 4.72. The van der Waals surface area contributed by atoms with Crippen molar-refractivity contribution in [3.63, 3.8) is 0 Å². The Labute approximate surface area is 116 Å². The minimum Gasteiger partial charge on any atom is -0.262 e. The predicted molar refractivity (Wildman–Crippen MR) is 75.4 cm³/mol. The summed E-state index contributed by atoms with van der Waals surface area (Å²) < 4.78 is 1.82. The lowest BCUT2D eigenvalue weighted by molar-refractivity contribution is 1.10. The van der Waals surface area contributed by atoms with E-state index in [1.54, 1.807) is 12.4 Å². The molecule has 1 aromatic carbocycles. The van der Waals surface area contributed by atoms with Crippen molar-refractivity contribution in [2.75, 3.05) is 0 Å². The van der Waals surface area contributed by atoms with Crippen LogP contribution in [0.1, 0.15) is 16.7 Å². The Morgan fingerprint density at radius 3 is 2.37 bits per heavy atom. The van der Waals surface area contributed by atoms with Gasteiger partial charge in [-0.25, -0.2) is 0 Å². The van der Waals surface area contributed by atoms with Gasteiger partial charge >= 0.3 is 0 Å². The Hall–Kier alpha value is -1.94. The number of halogens is 1. The third-order valence-electron chi connectivity index (χ3n) is 3.17. The molecule has 0 aliphatic heterocycles. The van der Waals surface area contributed by atoms with Crippen LogP contribution in [0.2, 0.25) is 5.15 Å². The molecule has 0 radical (unpaired) electrons. The standard InChI is InChI=1S/C14H13ClN4/c1-8-4-9(2)13(10(3)5-8)14-18-17-12-7-16-6-11(15)19(12)14/h4-7H,1-3H3. The van der Waals surface area contributed by atoms with Crippen LogP contribution in [0.3, 0.4) is 0 Å². The third-order valence-corrected chi connectivity index (χ3v) is 3.44. The maximum Gasteiger partial charge on any atom is 0.180 e. The number of fused-ring (bicyclic) bond motifs is 1. The van der Waals surface area contributed by atoms with Crippen LogP contribution in [0, 0.1) is 20.8 Å². The second kappa shape index (κ2) is 4.31. The summed E-state index contributed by atoms with van der Waals surface area (Å²) in [5.74, 6) is 0.761. The van der Waals surface area contributed by atoms with Crippen molar-refractivity contribution < 1.29 is 0 Å². The van der Waals surface area contributed by atoms with E-state index in [1.807, 2.05) is 4.40 Å². The Kier molecular flexibility index (Phi) is 2.75. The zero-order valence-electron chi connectivity index (χ0n) is 11.0. The SMILES string of the molecule is Cc1cc(C)c(-c2nnc3cncc(Cl)n23)c(C)c1. The molecule has 19 heavy (non-hydrogen) atoms. The Morgan fingerprint density at radius 2 is 1.68 bits per heavy atom. The normalized spacial score (nSPS) is 11.2.